The van der Waals surface area contributed by atoms with Gasteiger partial charge in [0.15, 0.2) is 0 Å². The van der Waals surface area contributed by atoms with Gasteiger partial charge in [-0.2, -0.15) is 4.37 Å². The van der Waals surface area contributed by atoms with Crippen LogP contribution in [0.15, 0.2) is 11.4 Å². The van der Waals surface area contributed by atoms with Crippen LogP contribution >= 0.6 is 23.1 Å². The lowest BCUT2D eigenvalue weighted by Crippen LogP contribution is -1.95. The summed E-state index contributed by atoms with van der Waals surface area (Å²) in [6.45, 7) is 4.34. The zero-order chi connectivity index (χ0) is 8.27. The summed E-state index contributed by atoms with van der Waals surface area (Å²) in [5.41, 5.74) is 1.02. The maximum absolute atomic E-state index is 6.09. The van der Waals surface area contributed by atoms with Gasteiger partial charge in [-0.25, -0.2) is 0 Å². The van der Waals surface area contributed by atoms with Crippen molar-refractivity contribution in [3.8, 4) is 0 Å². The molecule has 3 heteroatoms. The van der Waals surface area contributed by atoms with Crippen molar-refractivity contribution in [1.29, 1.82) is 0 Å². The molecule has 0 amide bonds. The van der Waals surface area contributed by atoms with Gasteiger partial charge in [-0.05, 0) is 29.9 Å². The number of nitrogens with zero attached hydrogens (tertiary/aromatic N) is 1. The van der Waals surface area contributed by atoms with E-state index in [1.54, 1.807) is 0 Å². The summed E-state index contributed by atoms with van der Waals surface area (Å²) in [6.07, 6.45) is 1.01. The highest BCUT2D eigenvalue weighted by Gasteiger charge is 2.11. The summed E-state index contributed by atoms with van der Waals surface area (Å²) >= 11 is 7.55. The summed E-state index contributed by atoms with van der Waals surface area (Å²) in [7, 11) is 0. The molecule has 1 aromatic rings. The van der Waals surface area contributed by atoms with Crippen LogP contribution in [0.25, 0.3) is 0 Å². The summed E-state index contributed by atoms with van der Waals surface area (Å²) in [5.74, 6) is 0.638. The van der Waals surface area contributed by atoms with Gasteiger partial charge in [-0.15, -0.1) is 11.6 Å². The minimum absolute atomic E-state index is 0.0984. The first-order chi connectivity index (χ1) is 5.20. The average molecular weight is 190 g/mol. The van der Waals surface area contributed by atoms with E-state index < -0.39 is 0 Å². The van der Waals surface area contributed by atoms with Crippen LogP contribution in [0.4, 0.5) is 0 Å². The highest BCUT2D eigenvalue weighted by atomic mass is 35.5. The van der Waals surface area contributed by atoms with Crippen LogP contribution in [0.1, 0.15) is 31.3 Å². The third kappa shape index (κ3) is 2.80. The molecule has 0 N–H and O–H groups in total. The Morgan fingerprint density at radius 2 is 2.36 bits per heavy atom. The molecule has 1 unspecified atom stereocenters. The lowest BCUT2D eigenvalue weighted by molar-refractivity contribution is 0.571. The van der Waals surface area contributed by atoms with E-state index in [2.05, 4.69) is 18.2 Å². The van der Waals surface area contributed by atoms with E-state index in [4.69, 9.17) is 11.6 Å². The molecule has 0 bridgehead atoms. The zero-order valence-electron chi connectivity index (χ0n) is 6.75. The Balaban J connectivity index is 2.49. The van der Waals surface area contributed by atoms with Crippen molar-refractivity contribution in [2.75, 3.05) is 0 Å². The fourth-order valence-electron chi connectivity index (χ4n) is 0.918. The van der Waals surface area contributed by atoms with Crippen LogP contribution < -0.4 is 0 Å². The Kier molecular flexibility index (Phi) is 3.34. The van der Waals surface area contributed by atoms with E-state index in [1.165, 1.54) is 11.5 Å². The molecule has 0 saturated heterocycles. The SMILES string of the molecule is CC(C)CC(Cl)c1ccsn1. The van der Waals surface area contributed by atoms with E-state index in [0.29, 0.717) is 5.92 Å². The number of hydrogen-bond acceptors (Lipinski definition) is 2. The second-order valence-electron chi connectivity index (χ2n) is 3.02. The Bertz CT molecular complexity index is 196. The molecular weight excluding hydrogens is 178 g/mol. The maximum Gasteiger partial charge on any atom is 0.0770 e. The molecule has 0 aliphatic rings. The predicted octanol–water partition coefficient (Wildman–Crippen LogP) is 3.47. The van der Waals surface area contributed by atoms with Gasteiger partial charge in [-0.3, -0.25) is 0 Å². The van der Waals surface area contributed by atoms with Gasteiger partial charge in [0, 0.05) is 5.38 Å². The molecule has 0 fully saturated rings. The Morgan fingerprint density at radius 1 is 1.64 bits per heavy atom. The van der Waals surface area contributed by atoms with Crippen LogP contribution in [0, 0.1) is 5.92 Å². The van der Waals surface area contributed by atoms with Gasteiger partial charge in [-0.1, -0.05) is 13.8 Å². The van der Waals surface area contributed by atoms with Crippen molar-refractivity contribution in [3.63, 3.8) is 0 Å². The minimum Gasteiger partial charge on any atom is -0.196 e. The fourth-order valence-corrected chi connectivity index (χ4v) is 2.02. The summed E-state index contributed by atoms with van der Waals surface area (Å²) in [5, 5.41) is 2.06. The van der Waals surface area contributed by atoms with E-state index in [9.17, 15) is 0 Å². The highest BCUT2D eigenvalue weighted by molar-refractivity contribution is 7.03. The van der Waals surface area contributed by atoms with E-state index in [0.717, 1.165) is 12.1 Å². The van der Waals surface area contributed by atoms with Gasteiger partial charge in [0.1, 0.15) is 0 Å². The molecule has 0 radical (unpaired) electrons. The van der Waals surface area contributed by atoms with Crippen LogP contribution in [-0.4, -0.2) is 4.37 Å². The first kappa shape index (κ1) is 9.01. The van der Waals surface area contributed by atoms with Crippen LogP contribution in [0.2, 0.25) is 0 Å². The molecule has 1 atom stereocenters. The standard InChI is InChI=1S/C8H12ClNS/c1-6(2)5-7(9)8-3-4-11-10-8/h3-4,6-7H,5H2,1-2H3. The molecule has 0 spiro atoms. The Hall–Kier alpha value is -0.0800. The molecule has 0 aliphatic heterocycles. The van der Waals surface area contributed by atoms with Crippen molar-refractivity contribution >= 4 is 23.1 Å². The van der Waals surface area contributed by atoms with Crippen LogP contribution in [-0.2, 0) is 0 Å². The summed E-state index contributed by atoms with van der Waals surface area (Å²) < 4.78 is 4.18. The number of alkyl halides is 1. The topological polar surface area (TPSA) is 12.9 Å². The second-order valence-corrected chi connectivity index (χ2v) is 4.21. The van der Waals surface area contributed by atoms with E-state index >= 15 is 0 Å². The first-order valence-electron chi connectivity index (χ1n) is 3.74. The van der Waals surface area contributed by atoms with Gasteiger partial charge in [0.05, 0.1) is 11.1 Å². The predicted molar refractivity (Wildman–Crippen MR) is 50.2 cm³/mol. The molecule has 0 aliphatic carbocycles. The lowest BCUT2D eigenvalue weighted by atomic mass is 10.1. The summed E-state index contributed by atoms with van der Waals surface area (Å²) in [4.78, 5) is 0. The van der Waals surface area contributed by atoms with Crippen molar-refractivity contribution in [1.82, 2.24) is 4.37 Å². The smallest absolute Gasteiger partial charge is 0.0770 e. The molecule has 1 heterocycles. The fraction of sp³-hybridized carbons (Fsp3) is 0.625. The van der Waals surface area contributed by atoms with Crippen molar-refractivity contribution < 1.29 is 0 Å². The third-order valence-electron chi connectivity index (χ3n) is 1.46. The average Bonchev–Trinajstić information content (AvgIpc) is 2.35. The zero-order valence-corrected chi connectivity index (χ0v) is 8.32. The minimum atomic E-state index is 0.0984. The number of aromatic nitrogens is 1. The lowest BCUT2D eigenvalue weighted by Gasteiger charge is -2.08. The molecule has 0 saturated carbocycles. The van der Waals surface area contributed by atoms with Crippen molar-refractivity contribution in [3.05, 3.63) is 17.1 Å². The van der Waals surface area contributed by atoms with Gasteiger partial charge < -0.3 is 0 Å². The normalized spacial score (nSPS) is 13.8. The van der Waals surface area contributed by atoms with Gasteiger partial charge in [0.25, 0.3) is 0 Å². The highest BCUT2D eigenvalue weighted by Crippen LogP contribution is 2.26. The Labute approximate surface area is 76.6 Å². The van der Waals surface area contributed by atoms with E-state index in [1.807, 2.05) is 11.4 Å². The monoisotopic (exact) mass is 189 g/mol. The molecule has 1 aromatic heterocycles. The van der Waals surface area contributed by atoms with Crippen molar-refractivity contribution in [2.24, 2.45) is 5.92 Å². The Morgan fingerprint density at radius 3 is 2.82 bits per heavy atom. The maximum atomic E-state index is 6.09. The van der Waals surface area contributed by atoms with Crippen LogP contribution in [0.3, 0.4) is 0 Å². The largest absolute Gasteiger partial charge is 0.196 e. The number of hydrogen-bond donors (Lipinski definition) is 0. The summed E-state index contributed by atoms with van der Waals surface area (Å²) in [6, 6.07) is 1.99. The van der Waals surface area contributed by atoms with Gasteiger partial charge in [0.2, 0.25) is 0 Å². The number of rotatable bonds is 3. The van der Waals surface area contributed by atoms with Crippen LogP contribution in [0.5, 0.6) is 0 Å². The second kappa shape index (κ2) is 4.07. The molecule has 62 valence electrons. The van der Waals surface area contributed by atoms with E-state index in [-0.39, 0.29) is 5.38 Å². The van der Waals surface area contributed by atoms with Crippen molar-refractivity contribution in [2.45, 2.75) is 25.6 Å². The number of halogens is 1. The molecular formula is C8H12ClNS. The molecule has 11 heavy (non-hydrogen) atoms. The quantitative estimate of drug-likeness (QED) is 0.664. The molecule has 0 aromatic carbocycles. The molecule has 1 rings (SSSR count). The van der Waals surface area contributed by atoms with Gasteiger partial charge >= 0.3 is 0 Å². The molecule has 1 nitrogen and oxygen atoms in total. The first-order valence-corrected chi connectivity index (χ1v) is 5.01. The third-order valence-corrected chi connectivity index (χ3v) is 2.43.